The first kappa shape index (κ1) is 15.7. The summed E-state index contributed by atoms with van der Waals surface area (Å²) in [6.07, 6.45) is 2.36. The van der Waals surface area contributed by atoms with Crippen molar-refractivity contribution in [1.29, 1.82) is 5.26 Å². The lowest BCUT2D eigenvalue weighted by atomic mass is 9.66. The van der Waals surface area contributed by atoms with E-state index in [1.165, 1.54) is 12.8 Å². The van der Waals surface area contributed by atoms with Crippen LogP contribution in [0, 0.1) is 35.0 Å². The summed E-state index contributed by atoms with van der Waals surface area (Å²) in [7, 11) is 0. The minimum Gasteiger partial charge on any atom is -0.390 e. The molecule has 0 amide bonds. The maximum atomic E-state index is 14.0. The van der Waals surface area contributed by atoms with Crippen LogP contribution in [-0.2, 0) is 0 Å². The van der Waals surface area contributed by atoms with Gasteiger partial charge in [0.1, 0.15) is 18.3 Å². The molecule has 5 unspecified atom stereocenters. The van der Waals surface area contributed by atoms with E-state index in [0.717, 1.165) is 31.6 Å². The summed E-state index contributed by atoms with van der Waals surface area (Å²) >= 11 is 0. The number of nitrogens with zero attached hydrogens (tertiary/aromatic N) is 1. The molecule has 2 saturated carbocycles. The first-order valence-electron chi connectivity index (χ1n) is 7.94. The Morgan fingerprint density at radius 2 is 1.85 bits per heavy atom. The van der Waals surface area contributed by atoms with Gasteiger partial charge >= 0.3 is 0 Å². The molecule has 114 valence electrons. The largest absolute Gasteiger partial charge is 0.390 e. The maximum Gasteiger partial charge on any atom is 0.145 e. The molecule has 4 heteroatoms. The summed E-state index contributed by atoms with van der Waals surface area (Å²) in [6, 6.07) is 1.67. The van der Waals surface area contributed by atoms with Gasteiger partial charge in [-0.25, -0.2) is 8.78 Å². The van der Waals surface area contributed by atoms with Gasteiger partial charge in [-0.05, 0) is 37.0 Å². The Labute approximate surface area is 120 Å². The molecule has 0 heterocycles. The molecular formula is C16H25F2NO. The Morgan fingerprint density at radius 3 is 2.40 bits per heavy atom. The zero-order chi connectivity index (χ0) is 14.7. The fraction of sp³-hybridized carbons (Fsp3) is 0.938. The molecule has 20 heavy (non-hydrogen) atoms. The molecule has 2 aliphatic carbocycles. The van der Waals surface area contributed by atoms with Crippen molar-refractivity contribution in [2.24, 2.45) is 23.7 Å². The van der Waals surface area contributed by atoms with Crippen LogP contribution in [0.25, 0.3) is 0 Å². The molecule has 0 spiro atoms. The van der Waals surface area contributed by atoms with Gasteiger partial charge in [-0.2, -0.15) is 5.26 Å². The van der Waals surface area contributed by atoms with Gasteiger partial charge in [0.05, 0.1) is 12.2 Å². The third kappa shape index (κ3) is 3.14. The lowest BCUT2D eigenvalue weighted by Crippen LogP contribution is -2.48. The zero-order valence-electron chi connectivity index (χ0n) is 12.1. The number of alkyl halides is 2. The van der Waals surface area contributed by atoms with Crippen molar-refractivity contribution in [2.75, 3.05) is 0 Å². The second-order valence-electron chi connectivity index (χ2n) is 6.57. The third-order valence-electron chi connectivity index (χ3n) is 5.34. The molecule has 0 bridgehead atoms. The van der Waals surface area contributed by atoms with Crippen molar-refractivity contribution in [2.45, 2.75) is 70.3 Å². The highest BCUT2D eigenvalue weighted by molar-refractivity contribution is 5.04. The van der Waals surface area contributed by atoms with Crippen molar-refractivity contribution in [1.82, 2.24) is 0 Å². The Balaban J connectivity index is 1.95. The topological polar surface area (TPSA) is 44.0 Å². The molecule has 2 aliphatic rings. The van der Waals surface area contributed by atoms with E-state index in [4.69, 9.17) is 5.26 Å². The lowest BCUT2D eigenvalue weighted by molar-refractivity contribution is -0.0760. The highest BCUT2D eigenvalue weighted by Crippen LogP contribution is 2.43. The second-order valence-corrected chi connectivity index (χ2v) is 6.57. The highest BCUT2D eigenvalue weighted by Gasteiger charge is 2.47. The summed E-state index contributed by atoms with van der Waals surface area (Å²) in [4.78, 5) is 0. The van der Waals surface area contributed by atoms with E-state index >= 15 is 0 Å². The molecule has 0 aromatic carbocycles. The van der Waals surface area contributed by atoms with E-state index in [-0.39, 0.29) is 18.3 Å². The molecule has 2 fully saturated rings. The van der Waals surface area contributed by atoms with Gasteiger partial charge in [-0.15, -0.1) is 0 Å². The van der Waals surface area contributed by atoms with E-state index in [9.17, 15) is 13.9 Å². The molecule has 0 radical (unpaired) electrons. The van der Waals surface area contributed by atoms with Gasteiger partial charge in [0.2, 0.25) is 0 Å². The average molecular weight is 285 g/mol. The summed E-state index contributed by atoms with van der Waals surface area (Å²) in [5.41, 5.74) is 0. The van der Waals surface area contributed by atoms with E-state index < -0.39 is 24.4 Å². The van der Waals surface area contributed by atoms with E-state index in [2.05, 4.69) is 6.92 Å². The zero-order valence-corrected chi connectivity index (χ0v) is 12.1. The number of nitriles is 1. The number of aliphatic hydroxyl groups excluding tert-OH is 1. The third-order valence-corrected chi connectivity index (χ3v) is 5.34. The van der Waals surface area contributed by atoms with E-state index in [1.807, 2.05) is 0 Å². The van der Waals surface area contributed by atoms with Crippen molar-refractivity contribution < 1.29 is 13.9 Å². The molecule has 5 atom stereocenters. The number of hydrogen-bond donors (Lipinski definition) is 1. The van der Waals surface area contributed by atoms with Crippen molar-refractivity contribution in [3.8, 4) is 6.07 Å². The number of halogens is 2. The van der Waals surface area contributed by atoms with Crippen LogP contribution in [-0.4, -0.2) is 23.6 Å². The molecule has 0 saturated heterocycles. The molecular weight excluding hydrogens is 260 g/mol. The SMILES string of the molecule is CCCC1CCC(C2CC(F)C(C#N)C(F)C2O)CC1. The Kier molecular flexibility index (Phi) is 5.37. The monoisotopic (exact) mass is 285 g/mol. The predicted octanol–water partition coefficient (Wildman–Crippen LogP) is 3.79. The molecule has 2 nitrogen and oxygen atoms in total. The average Bonchev–Trinajstić information content (AvgIpc) is 2.45. The van der Waals surface area contributed by atoms with Gasteiger partial charge in [-0.1, -0.05) is 32.6 Å². The van der Waals surface area contributed by atoms with Crippen LogP contribution in [0.15, 0.2) is 0 Å². The first-order valence-corrected chi connectivity index (χ1v) is 7.94. The van der Waals surface area contributed by atoms with Gasteiger partial charge in [-0.3, -0.25) is 0 Å². The minimum absolute atomic E-state index is 0.142. The Hall–Kier alpha value is -0.690. The highest BCUT2D eigenvalue weighted by atomic mass is 19.1. The van der Waals surface area contributed by atoms with Crippen LogP contribution in [0.2, 0.25) is 0 Å². The summed E-state index contributed by atoms with van der Waals surface area (Å²) in [5, 5.41) is 18.9. The molecule has 1 N–H and O–H groups in total. The fourth-order valence-corrected chi connectivity index (χ4v) is 4.13. The standard InChI is InChI=1S/C16H25F2NO/c1-2-3-10-4-6-11(7-5-10)12-8-14(17)13(9-19)15(18)16(12)20/h10-16,20H,2-8H2,1H3. The molecule has 2 rings (SSSR count). The van der Waals surface area contributed by atoms with Crippen molar-refractivity contribution >= 4 is 0 Å². The second kappa shape index (κ2) is 6.85. The Bertz CT molecular complexity index is 349. The van der Waals surface area contributed by atoms with Crippen molar-refractivity contribution in [3.63, 3.8) is 0 Å². The number of rotatable bonds is 3. The number of aliphatic hydroxyl groups is 1. The molecule has 0 aromatic heterocycles. The van der Waals surface area contributed by atoms with Gasteiger partial charge < -0.3 is 5.11 Å². The fourth-order valence-electron chi connectivity index (χ4n) is 4.13. The summed E-state index contributed by atoms with van der Waals surface area (Å²) < 4.78 is 27.9. The molecule has 0 aromatic rings. The van der Waals surface area contributed by atoms with Crippen molar-refractivity contribution in [3.05, 3.63) is 0 Å². The summed E-state index contributed by atoms with van der Waals surface area (Å²) in [5.74, 6) is -0.648. The van der Waals surface area contributed by atoms with Crippen LogP contribution >= 0.6 is 0 Å². The number of hydrogen-bond acceptors (Lipinski definition) is 2. The Morgan fingerprint density at radius 1 is 1.20 bits per heavy atom. The van der Waals surface area contributed by atoms with Crippen LogP contribution in [0.4, 0.5) is 8.78 Å². The smallest absolute Gasteiger partial charge is 0.145 e. The van der Waals surface area contributed by atoms with E-state index in [0.29, 0.717) is 0 Å². The van der Waals surface area contributed by atoms with Gasteiger partial charge in [0.25, 0.3) is 0 Å². The summed E-state index contributed by atoms with van der Waals surface area (Å²) in [6.45, 7) is 2.18. The maximum absolute atomic E-state index is 14.0. The predicted molar refractivity (Wildman–Crippen MR) is 73.4 cm³/mol. The van der Waals surface area contributed by atoms with Gasteiger partial charge in [0.15, 0.2) is 0 Å². The normalized spacial score (nSPS) is 45.9. The first-order chi connectivity index (χ1) is 9.58. The van der Waals surface area contributed by atoms with E-state index in [1.54, 1.807) is 6.07 Å². The van der Waals surface area contributed by atoms with Gasteiger partial charge in [0, 0.05) is 0 Å². The quantitative estimate of drug-likeness (QED) is 0.857. The van der Waals surface area contributed by atoms with Crippen LogP contribution in [0.3, 0.4) is 0 Å². The minimum atomic E-state index is -1.73. The van der Waals surface area contributed by atoms with Crippen LogP contribution in [0.1, 0.15) is 51.9 Å². The van der Waals surface area contributed by atoms with Crippen LogP contribution in [0.5, 0.6) is 0 Å². The lowest BCUT2D eigenvalue weighted by Gasteiger charge is -2.42. The van der Waals surface area contributed by atoms with Crippen LogP contribution < -0.4 is 0 Å². The molecule has 0 aliphatic heterocycles.